The van der Waals surface area contributed by atoms with Gasteiger partial charge in [0.2, 0.25) is 17.7 Å². The zero-order valence-corrected chi connectivity index (χ0v) is 24.6. The summed E-state index contributed by atoms with van der Waals surface area (Å²) in [4.78, 5) is 55.4. The molecule has 1 saturated heterocycles. The van der Waals surface area contributed by atoms with Gasteiger partial charge in [0.1, 0.15) is 17.9 Å². The van der Waals surface area contributed by atoms with Crippen molar-refractivity contribution in [3.8, 4) is 0 Å². The van der Waals surface area contributed by atoms with Crippen molar-refractivity contribution in [1.29, 1.82) is 0 Å². The summed E-state index contributed by atoms with van der Waals surface area (Å²) in [5.74, 6) is -1.82. The van der Waals surface area contributed by atoms with E-state index in [-0.39, 0.29) is 48.2 Å². The van der Waals surface area contributed by atoms with E-state index in [2.05, 4.69) is 21.3 Å². The summed E-state index contributed by atoms with van der Waals surface area (Å²) in [7, 11) is 1.69. The molecule has 9 nitrogen and oxygen atoms in total. The molecule has 1 saturated carbocycles. The van der Waals surface area contributed by atoms with Crippen LogP contribution in [0.5, 0.6) is 0 Å². The molecule has 4 N–H and O–H groups in total. The van der Waals surface area contributed by atoms with E-state index >= 15 is 0 Å². The highest BCUT2D eigenvalue weighted by molar-refractivity contribution is 5.96. The molecule has 42 heavy (non-hydrogen) atoms. The lowest BCUT2D eigenvalue weighted by Crippen LogP contribution is -2.58. The Kier molecular flexibility index (Phi) is 10.7. The molecule has 0 bridgehead atoms. The first kappa shape index (κ1) is 31.2. The van der Waals surface area contributed by atoms with Crippen molar-refractivity contribution < 1.29 is 23.6 Å². The lowest BCUT2D eigenvalue weighted by molar-refractivity contribution is -0.143. The Bertz CT molecular complexity index is 1240. The zero-order valence-electron chi connectivity index (χ0n) is 24.6. The number of halogens is 1. The molecule has 5 atom stereocenters. The molecule has 4 amide bonds. The van der Waals surface area contributed by atoms with Gasteiger partial charge in [0.15, 0.2) is 0 Å². The van der Waals surface area contributed by atoms with Gasteiger partial charge < -0.3 is 26.2 Å². The van der Waals surface area contributed by atoms with E-state index < -0.39 is 35.9 Å². The van der Waals surface area contributed by atoms with Crippen molar-refractivity contribution in [3.05, 3.63) is 71.5 Å². The number of carbonyl (C=O) groups excluding carboxylic acids is 4. The van der Waals surface area contributed by atoms with Gasteiger partial charge in [0, 0.05) is 18.2 Å². The Balaban J connectivity index is 1.57. The minimum absolute atomic E-state index is 0.0425. The predicted octanol–water partition coefficient (Wildman–Crippen LogP) is 3.08. The maximum Gasteiger partial charge on any atom is 0.251 e. The number of rotatable bonds is 10. The van der Waals surface area contributed by atoms with E-state index in [1.54, 1.807) is 14.0 Å². The van der Waals surface area contributed by atoms with Crippen molar-refractivity contribution in [2.45, 2.75) is 82.6 Å². The first-order chi connectivity index (χ1) is 20.2. The topological polar surface area (TPSA) is 120 Å². The Morgan fingerprint density at radius 3 is 2.21 bits per heavy atom. The van der Waals surface area contributed by atoms with Gasteiger partial charge in [-0.3, -0.25) is 19.2 Å². The second-order valence-electron chi connectivity index (χ2n) is 11.5. The highest BCUT2D eigenvalue weighted by atomic mass is 19.1. The largest absolute Gasteiger partial charge is 0.348 e. The van der Waals surface area contributed by atoms with Gasteiger partial charge in [-0.25, -0.2) is 4.39 Å². The molecule has 2 fully saturated rings. The minimum Gasteiger partial charge on any atom is -0.348 e. The van der Waals surface area contributed by atoms with Gasteiger partial charge in [0.05, 0.1) is 12.1 Å². The second kappa shape index (κ2) is 14.4. The molecule has 1 heterocycles. The van der Waals surface area contributed by atoms with Crippen LogP contribution in [0.1, 0.15) is 74.3 Å². The van der Waals surface area contributed by atoms with Crippen molar-refractivity contribution in [3.63, 3.8) is 0 Å². The van der Waals surface area contributed by atoms with Gasteiger partial charge in [-0.15, -0.1) is 0 Å². The molecule has 2 aliphatic rings. The van der Waals surface area contributed by atoms with Crippen LogP contribution in [0.2, 0.25) is 0 Å². The van der Waals surface area contributed by atoms with Gasteiger partial charge in [0.25, 0.3) is 5.91 Å². The van der Waals surface area contributed by atoms with Crippen LogP contribution in [0.25, 0.3) is 0 Å². The number of hydrogen-bond donors (Lipinski definition) is 4. The summed E-state index contributed by atoms with van der Waals surface area (Å²) >= 11 is 0. The molecule has 226 valence electrons. The summed E-state index contributed by atoms with van der Waals surface area (Å²) < 4.78 is 13.4. The SMILES string of the molecule is CN[C@@H](C)C(=O)N[C@H](C(=O)N1C[C@@H](NC(=O)c2ccc(F)cc2)C[C@H]1C(=O)N[C@H](C)c1ccccc1)C1CCCCC1. The number of likely N-dealkylation sites (N-methyl/N-ethyl adjacent to an activating group) is 1. The lowest BCUT2D eigenvalue weighted by atomic mass is 9.83. The van der Waals surface area contributed by atoms with E-state index in [4.69, 9.17) is 0 Å². The summed E-state index contributed by atoms with van der Waals surface area (Å²) in [6.45, 7) is 3.73. The number of carbonyl (C=O) groups is 4. The van der Waals surface area contributed by atoms with Gasteiger partial charge in [-0.2, -0.15) is 0 Å². The molecule has 4 rings (SSSR count). The number of likely N-dealkylation sites (tertiary alicyclic amines) is 1. The third kappa shape index (κ3) is 7.73. The number of nitrogens with zero attached hydrogens (tertiary/aromatic N) is 1. The standard InChI is InChI=1S/C32H42FN5O4/c1-20(22-10-6-4-7-11-22)35-31(41)27-18-26(36-30(40)24-14-16-25(33)17-15-24)19-38(27)32(42)28(23-12-8-5-9-13-23)37-29(39)21(2)34-3/h4,6-7,10-11,14-17,20-21,23,26-28,34H,5,8-9,12-13,18-19H2,1-3H3,(H,35,41)(H,36,40)(H,37,39)/t20-,21+,26+,27+,28+/m1/s1. The molecule has 0 aromatic heterocycles. The molecule has 0 spiro atoms. The Hall–Kier alpha value is -3.79. The molecule has 1 aliphatic carbocycles. The number of nitrogens with one attached hydrogen (secondary N) is 4. The van der Waals surface area contributed by atoms with Crippen LogP contribution in [0.3, 0.4) is 0 Å². The molecule has 1 aliphatic heterocycles. The molecule has 0 radical (unpaired) electrons. The van der Waals surface area contributed by atoms with E-state index in [1.165, 1.54) is 29.2 Å². The highest BCUT2D eigenvalue weighted by Gasteiger charge is 2.44. The van der Waals surface area contributed by atoms with Crippen LogP contribution in [0.4, 0.5) is 4.39 Å². The predicted molar refractivity (Wildman–Crippen MR) is 158 cm³/mol. The van der Waals surface area contributed by atoms with Crippen LogP contribution >= 0.6 is 0 Å². The van der Waals surface area contributed by atoms with Crippen LogP contribution in [-0.4, -0.2) is 66.3 Å². The van der Waals surface area contributed by atoms with E-state index in [0.29, 0.717) is 0 Å². The third-order valence-corrected chi connectivity index (χ3v) is 8.50. The fourth-order valence-corrected chi connectivity index (χ4v) is 5.87. The molecule has 0 unspecified atom stereocenters. The number of amides is 4. The molecule has 2 aromatic rings. The summed E-state index contributed by atoms with van der Waals surface area (Å²) in [6.07, 6.45) is 4.86. The molecular formula is C32H42FN5O4. The normalized spacial score (nSPS) is 21.2. The summed E-state index contributed by atoms with van der Waals surface area (Å²) in [6, 6.07) is 11.8. The fourth-order valence-electron chi connectivity index (χ4n) is 5.87. The van der Waals surface area contributed by atoms with E-state index in [1.807, 2.05) is 37.3 Å². The van der Waals surface area contributed by atoms with Crippen LogP contribution in [0.15, 0.2) is 54.6 Å². The van der Waals surface area contributed by atoms with E-state index in [9.17, 15) is 23.6 Å². The summed E-state index contributed by atoms with van der Waals surface area (Å²) in [5.41, 5.74) is 1.21. The molecular weight excluding hydrogens is 537 g/mol. The van der Waals surface area contributed by atoms with Gasteiger partial charge >= 0.3 is 0 Å². The first-order valence-corrected chi connectivity index (χ1v) is 14.9. The van der Waals surface area contributed by atoms with Crippen LogP contribution < -0.4 is 21.3 Å². The van der Waals surface area contributed by atoms with E-state index in [0.717, 1.165) is 37.7 Å². The molecule has 10 heteroatoms. The monoisotopic (exact) mass is 579 g/mol. The zero-order chi connectivity index (χ0) is 30.2. The van der Waals surface area contributed by atoms with Crippen molar-refractivity contribution >= 4 is 23.6 Å². The maximum atomic E-state index is 14.3. The maximum absolute atomic E-state index is 14.3. The quantitative estimate of drug-likeness (QED) is 0.345. The smallest absolute Gasteiger partial charge is 0.251 e. The van der Waals surface area contributed by atoms with Crippen molar-refractivity contribution in [2.75, 3.05) is 13.6 Å². The summed E-state index contributed by atoms with van der Waals surface area (Å²) in [5, 5.41) is 11.9. The second-order valence-corrected chi connectivity index (χ2v) is 11.5. The van der Waals surface area contributed by atoms with Gasteiger partial charge in [-0.1, -0.05) is 49.6 Å². The minimum atomic E-state index is -0.841. The van der Waals surface area contributed by atoms with Crippen LogP contribution in [-0.2, 0) is 14.4 Å². The number of hydrogen-bond acceptors (Lipinski definition) is 5. The lowest BCUT2D eigenvalue weighted by Gasteiger charge is -2.35. The Morgan fingerprint density at radius 1 is 0.905 bits per heavy atom. The van der Waals surface area contributed by atoms with Crippen molar-refractivity contribution in [2.24, 2.45) is 5.92 Å². The number of benzene rings is 2. The Morgan fingerprint density at radius 2 is 1.57 bits per heavy atom. The molecule has 2 aromatic carbocycles. The average Bonchev–Trinajstić information content (AvgIpc) is 3.44. The van der Waals surface area contributed by atoms with Crippen LogP contribution in [0, 0.1) is 11.7 Å². The first-order valence-electron chi connectivity index (χ1n) is 14.9. The Labute approximate surface area is 247 Å². The average molecular weight is 580 g/mol. The van der Waals surface area contributed by atoms with Crippen molar-refractivity contribution in [1.82, 2.24) is 26.2 Å². The fraction of sp³-hybridized carbons (Fsp3) is 0.500. The third-order valence-electron chi connectivity index (χ3n) is 8.50. The van der Waals surface area contributed by atoms with Gasteiger partial charge in [-0.05, 0) is 75.9 Å². The highest BCUT2D eigenvalue weighted by Crippen LogP contribution is 2.30.